The van der Waals surface area contributed by atoms with Crippen LogP contribution in [0, 0.1) is 12.8 Å². The zero-order valence-electron chi connectivity index (χ0n) is 18.5. The smallest absolute Gasteiger partial charge is 0.253 e. The van der Waals surface area contributed by atoms with Crippen LogP contribution >= 0.6 is 0 Å². The lowest BCUT2D eigenvalue weighted by atomic mass is 9.88. The number of nitrogens with zero attached hydrogens (tertiary/aromatic N) is 2. The molecule has 1 saturated heterocycles. The Morgan fingerprint density at radius 3 is 2.47 bits per heavy atom. The van der Waals surface area contributed by atoms with Gasteiger partial charge in [0.15, 0.2) is 0 Å². The molecule has 2 heterocycles. The van der Waals surface area contributed by atoms with Gasteiger partial charge in [0, 0.05) is 50.5 Å². The summed E-state index contributed by atoms with van der Waals surface area (Å²) in [6, 6.07) is 15.2. The van der Waals surface area contributed by atoms with Crippen molar-refractivity contribution in [2.45, 2.75) is 26.3 Å². The molecule has 1 aliphatic rings. The van der Waals surface area contributed by atoms with Crippen LogP contribution in [-0.4, -0.2) is 47.7 Å². The molecule has 1 aromatic heterocycles. The minimum Gasteiger partial charge on any atom is -0.461 e. The van der Waals surface area contributed by atoms with Gasteiger partial charge in [-0.3, -0.25) is 14.4 Å². The lowest BCUT2D eigenvalue weighted by Gasteiger charge is -2.19. The van der Waals surface area contributed by atoms with Crippen LogP contribution in [0.1, 0.15) is 40.1 Å². The summed E-state index contributed by atoms with van der Waals surface area (Å²) in [6.45, 7) is 4.67. The summed E-state index contributed by atoms with van der Waals surface area (Å²) < 4.78 is 5.58. The third-order valence-electron chi connectivity index (χ3n) is 6.19. The molecule has 1 aliphatic heterocycles. The largest absolute Gasteiger partial charge is 0.461 e. The predicted molar refractivity (Wildman–Crippen MR) is 121 cm³/mol. The van der Waals surface area contributed by atoms with Crippen molar-refractivity contribution in [3.8, 4) is 0 Å². The summed E-state index contributed by atoms with van der Waals surface area (Å²) in [4.78, 5) is 39.9. The van der Waals surface area contributed by atoms with Gasteiger partial charge < -0.3 is 20.0 Å². The van der Waals surface area contributed by atoms with E-state index < -0.39 is 11.8 Å². The van der Waals surface area contributed by atoms with E-state index in [-0.39, 0.29) is 17.7 Å². The molecule has 7 heteroatoms. The maximum atomic E-state index is 12.9. The van der Waals surface area contributed by atoms with Crippen molar-refractivity contribution in [3.05, 3.63) is 71.0 Å². The third kappa shape index (κ3) is 4.23. The Kier molecular flexibility index (Phi) is 5.74. The molecule has 2 aromatic carbocycles. The van der Waals surface area contributed by atoms with E-state index in [1.165, 1.54) is 6.92 Å². The SMILES string of the molecule is CC(=O)N1C[C@H](C(N)=O)[C@@H](c2ccc(CN(C)C(=O)c3ccc4oc(C)cc4c3)cc2)C1. The second-order valence-electron chi connectivity index (χ2n) is 8.55. The van der Waals surface area contributed by atoms with Crippen LogP contribution in [0.25, 0.3) is 11.0 Å². The van der Waals surface area contributed by atoms with Gasteiger partial charge in [-0.25, -0.2) is 0 Å². The highest BCUT2D eigenvalue weighted by Crippen LogP contribution is 2.33. The number of likely N-dealkylation sites (tertiary alicyclic amines) is 1. The Bertz CT molecular complexity index is 1180. The molecule has 1 fully saturated rings. The fourth-order valence-corrected chi connectivity index (χ4v) is 4.43. The highest BCUT2D eigenvalue weighted by molar-refractivity contribution is 5.97. The monoisotopic (exact) mass is 433 g/mol. The molecule has 166 valence electrons. The van der Waals surface area contributed by atoms with E-state index in [0.717, 1.165) is 27.9 Å². The van der Waals surface area contributed by atoms with E-state index in [4.69, 9.17) is 10.2 Å². The average molecular weight is 434 g/mol. The summed E-state index contributed by atoms with van der Waals surface area (Å²) in [5.41, 5.74) is 8.90. The first-order valence-corrected chi connectivity index (χ1v) is 10.6. The van der Waals surface area contributed by atoms with E-state index in [1.807, 2.05) is 49.4 Å². The number of carbonyl (C=O) groups excluding carboxylic acids is 3. The number of hydrogen-bond acceptors (Lipinski definition) is 4. The topological polar surface area (TPSA) is 96.9 Å². The minimum absolute atomic E-state index is 0.0562. The highest BCUT2D eigenvalue weighted by atomic mass is 16.3. The number of primary amides is 1. The van der Waals surface area contributed by atoms with E-state index in [1.54, 1.807) is 22.9 Å². The Balaban J connectivity index is 1.46. The number of aryl methyl sites for hydroxylation is 1. The number of amides is 3. The van der Waals surface area contributed by atoms with Crippen molar-refractivity contribution in [1.29, 1.82) is 0 Å². The molecule has 2 N–H and O–H groups in total. The molecule has 2 atom stereocenters. The van der Waals surface area contributed by atoms with Crippen molar-refractivity contribution >= 4 is 28.7 Å². The number of carbonyl (C=O) groups is 3. The molecule has 0 radical (unpaired) electrons. The number of fused-ring (bicyclic) bond motifs is 1. The van der Waals surface area contributed by atoms with Crippen molar-refractivity contribution in [2.75, 3.05) is 20.1 Å². The van der Waals surface area contributed by atoms with Gasteiger partial charge in [-0.1, -0.05) is 24.3 Å². The number of nitrogens with two attached hydrogens (primary N) is 1. The third-order valence-corrected chi connectivity index (χ3v) is 6.19. The molecule has 0 bridgehead atoms. The van der Waals surface area contributed by atoms with Gasteiger partial charge in [0.25, 0.3) is 5.91 Å². The van der Waals surface area contributed by atoms with Crippen molar-refractivity contribution in [1.82, 2.24) is 9.80 Å². The zero-order valence-corrected chi connectivity index (χ0v) is 18.5. The number of benzene rings is 2. The first kappa shape index (κ1) is 21.6. The quantitative estimate of drug-likeness (QED) is 0.669. The standard InChI is InChI=1S/C25H27N3O4/c1-15-10-20-11-19(8-9-23(20)32-15)25(31)27(3)12-17-4-6-18(7-5-17)21-13-28(16(2)29)14-22(21)24(26)30/h4-11,21-22H,12-14H2,1-3H3,(H2,26,30)/t21-,22+/m1/s1. The predicted octanol–water partition coefficient (Wildman–Crippen LogP) is 3.06. The van der Waals surface area contributed by atoms with Crippen LogP contribution in [-0.2, 0) is 16.1 Å². The molecule has 0 aliphatic carbocycles. The van der Waals surface area contributed by atoms with E-state index >= 15 is 0 Å². The average Bonchev–Trinajstić information content (AvgIpc) is 3.36. The second kappa shape index (κ2) is 8.49. The van der Waals surface area contributed by atoms with Crippen LogP contribution in [0.4, 0.5) is 0 Å². The Hall–Kier alpha value is -3.61. The number of hydrogen-bond donors (Lipinski definition) is 1. The summed E-state index contributed by atoms with van der Waals surface area (Å²) in [5.74, 6) is -0.218. The van der Waals surface area contributed by atoms with Gasteiger partial charge in [0.05, 0.1) is 5.92 Å². The first-order chi connectivity index (χ1) is 15.2. The lowest BCUT2D eigenvalue weighted by molar-refractivity contribution is -0.128. The van der Waals surface area contributed by atoms with E-state index in [2.05, 4.69) is 0 Å². The summed E-state index contributed by atoms with van der Waals surface area (Å²) in [5, 5.41) is 0.909. The Labute approximate surface area is 186 Å². The molecule has 0 saturated carbocycles. The molecular weight excluding hydrogens is 406 g/mol. The fourth-order valence-electron chi connectivity index (χ4n) is 4.43. The first-order valence-electron chi connectivity index (χ1n) is 10.6. The van der Waals surface area contributed by atoms with Crippen LogP contribution in [0.5, 0.6) is 0 Å². The molecule has 7 nitrogen and oxygen atoms in total. The number of furan rings is 1. The van der Waals surface area contributed by atoms with Crippen LogP contribution < -0.4 is 5.73 Å². The van der Waals surface area contributed by atoms with Crippen molar-refractivity contribution in [2.24, 2.45) is 11.7 Å². The molecular formula is C25H27N3O4. The summed E-state index contributed by atoms with van der Waals surface area (Å²) >= 11 is 0. The molecule has 0 spiro atoms. The zero-order chi connectivity index (χ0) is 23.0. The fraction of sp³-hybridized carbons (Fsp3) is 0.320. The van der Waals surface area contributed by atoms with Crippen molar-refractivity contribution in [3.63, 3.8) is 0 Å². The van der Waals surface area contributed by atoms with Gasteiger partial charge in [-0.15, -0.1) is 0 Å². The van der Waals surface area contributed by atoms with Gasteiger partial charge in [-0.05, 0) is 42.3 Å². The van der Waals surface area contributed by atoms with Crippen LogP contribution in [0.2, 0.25) is 0 Å². The molecule has 3 amide bonds. The van der Waals surface area contributed by atoms with E-state index in [9.17, 15) is 14.4 Å². The van der Waals surface area contributed by atoms with Gasteiger partial charge in [0.2, 0.25) is 11.8 Å². The van der Waals surface area contributed by atoms with Gasteiger partial charge in [-0.2, -0.15) is 0 Å². The Morgan fingerprint density at radius 2 is 1.81 bits per heavy atom. The second-order valence-corrected chi connectivity index (χ2v) is 8.55. The summed E-state index contributed by atoms with van der Waals surface area (Å²) in [7, 11) is 1.77. The van der Waals surface area contributed by atoms with Crippen LogP contribution in [0.3, 0.4) is 0 Å². The van der Waals surface area contributed by atoms with Crippen LogP contribution in [0.15, 0.2) is 52.9 Å². The van der Waals surface area contributed by atoms with Gasteiger partial charge in [0.1, 0.15) is 11.3 Å². The van der Waals surface area contributed by atoms with E-state index in [0.29, 0.717) is 25.2 Å². The molecule has 4 rings (SSSR count). The minimum atomic E-state index is -0.393. The molecule has 0 unspecified atom stereocenters. The summed E-state index contributed by atoms with van der Waals surface area (Å²) in [6.07, 6.45) is 0. The normalized spacial score (nSPS) is 18.2. The highest BCUT2D eigenvalue weighted by Gasteiger charge is 2.38. The maximum absolute atomic E-state index is 12.9. The van der Waals surface area contributed by atoms with Gasteiger partial charge >= 0.3 is 0 Å². The van der Waals surface area contributed by atoms with Crippen molar-refractivity contribution < 1.29 is 18.8 Å². The molecule has 32 heavy (non-hydrogen) atoms. The lowest BCUT2D eigenvalue weighted by Crippen LogP contribution is -2.30. The molecule has 3 aromatic rings. The maximum Gasteiger partial charge on any atom is 0.253 e. The Morgan fingerprint density at radius 1 is 1.09 bits per heavy atom. The number of rotatable bonds is 5.